The van der Waals surface area contributed by atoms with E-state index in [9.17, 15) is 9.59 Å². The molecular weight excluding hydrogens is 586 g/mol. The number of allylic oxidation sites excluding steroid dienone is 1. The molecule has 1 aliphatic heterocycles. The minimum Gasteiger partial charge on any atom is -0.463 e. The molecule has 1 aliphatic rings. The molecule has 0 spiro atoms. The third kappa shape index (κ3) is 4.51. The Morgan fingerprint density at radius 2 is 1.87 bits per heavy atom. The van der Waals surface area contributed by atoms with Crippen LogP contribution in [0.2, 0.25) is 5.02 Å². The molecule has 9 heteroatoms. The molecule has 0 N–H and O–H groups in total. The first-order valence-electron chi connectivity index (χ1n) is 12.1. The lowest BCUT2D eigenvalue weighted by atomic mass is 9.96. The van der Waals surface area contributed by atoms with Crippen molar-refractivity contribution in [1.29, 1.82) is 0 Å². The first-order valence-corrected chi connectivity index (χ1v) is 14.1. The molecule has 6 nitrogen and oxygen atoms in total. The largest absolute Gasteiger partial charge is 0.463 e. The topological polar surface area (TPSA) is 65.6 Å². The average molecular weight is 611 g/mol. The number of rotatable bonds is 5. The van der Waals surface area contributed by atoms with Gasteiger partial charge in [-0.15, -0.1) is 0 Å². The van der Waals surface area contributed by atoms with E-state index in [4.69, 9.17) is 16.3 Å². The van der Waals surface area contributed by atoms with Crippen LogP contribution in [0.25, 0.3) is 11.8 Å². The molecule has 4 aromatic rings. The van der Waals surface area contributed by atoms with Crippen molar-refractivity contribution in [3.05, 3.63) is 118 Å². The number of benzene rings is 2. The van der Waals surface area contributed by atoms with Crippen LogP contribution >= 0.6 is 38.9 Å². The quantitative estimate of drug-likeness (QED) is 0.276. The van der Waals surface area contributed by atoms with Crippen molar-refractivity contribution in [2.24, 2.45) is 4.99 Å². The van der Waals surface area contributed by atoms with Crippen molar-refractivity contribution in [3.63, 3.8) is 0 Å². The van der Waals surface area contributed by atoms with Crippen molar-refractivity contribution >= 4 is 50.9 Å². The second-order valence-corrected chi connectivity index (χ2v) is 11.2. The summed E-state index contributed by atoms with van der Waals surface area (Å²) in [5.74, 6) is -0.509. The molecule has 0 amide bonds. The lowest BCUT2D eigenvalue weighted by Crippen LogP contribution is -2.40. The number of hydrogen-bond acceptors (Lipinski definition) is 5. The highest BCUT2D eigenvalue weighted by Crippen LogP contribution is 2.34. The van der Waals surface area contributed by atoms with Gasteiger partial charge in [0, 0.05) is 20.9 Å². The zero-order valence-electron chi connectivity index (χ0n) is 21.3. The Morgan fingerprint density at radius 1 is 1.16 bits per heavy atom. The second-order valence-electron chi connectivity index (χ2n) is 8.94. The van der Waals surface area contributed by atoms with Gasteiger partial charge >= 0.3 is 5.97 Å². The first-order chi connectivity index (χ1) is 18.2. The first kappa shape index (κ1) is 26.4. The Morgan fingerprint density at radius 3 is 2.58 bits per heavy atom. The van der Waals surface area contributed by atoms with Crippen molar-refractivity contribution in [2.75, 3.05) is 6.61 Å². The predicted molar refractivity (Wildman–Crippen MR) is 155 cm³/mol. The van der Waals surface area contributed by atoms with Gasteiger partial charge in [-0.2, -0.15) is 0 Å². The van der Waals surface area contributed by atoms with Gasteiger partial charge in [-0.25, -0.2) is 9.79 Å². The van der Waals surface area contributed by atoms with Crippen LogP contribution in [-0.4, -0.2) is 21.7 Å². The van der Waals surface area contributed by atoms with E-state index in [1.54, 1.807) is 24.5 Å². The van der Waals surface area contributed by atoms with Crippen LogP contribution in [-0.2, 0) is 9.53 Å². The van der Waals surface area contributed by atoms with Gasteiger partial charge in [0.05, 0.1) is 28.1 Å². The smallest absolute Gasteiger partial charge is 0.338 e. The minimum absolute atomic E-state index is 0.211. The van der Waals surface area contributed by atoms with Gasteiger partial charge < -0.3 is 9.30 Å². The van der Waals surface area contributed by atoms with E-state index in [-0.39, 0.29) is 12.2 Å². The molecule has 0 bridgehead atoms. The number of ether oxygens (including phenoxy) is 1. The molecule has 38 heavy (non-hydrogen) atoms. The highest BCUT2D eigenvalue weighted by Gasteiger charge is 2.34. The van der Waals surface area contributed by atoms with Gasteiger partial charge in [0.1, 0.15) is 6.04 Å². The molecule has 0 aliphatic carbocycles. The molecule has 2 aromatic carbocycles. The Labute approximate surface area is 237 Å². The lowest BCUT2D eigenvalue weighted by Gasteiger charge is -2.25. The molecule has 0 radical (unpaired) electrons. The van der Waals surface area contributed by atoms with Gasteiger partial charge in [0.2, 0.25) is 0 Å². The maximum Gasteiger partial charge on any atom is 0.338 e. The van der Waals surface area contributed by atoms with Crippen LogP contribution in [0.5, 0.6) is 0 Å². The minimum atomic E-state index is -0.742. The number of halogens is 2. The highest BCUT2D eigenvalue weighted by molar-refractivity contribution is 9.10. The predicted octanol–water partition coefficient (Wildman–Crippen LogP) is 5.62. The summed E-state index contributed by atoms with van der Waals surface area (Å²) in [5.41, 5.74) is 5.23. The number of thiazole rings is 1. The normalized spacial score (nSPS) is 15.4. The molecule has 1 atom stereocenters. The third-order valence-electron chi connectivity index (χ3n) is 6.57. The van der Waals surface area contributed by atoms with E-state index in [2.05, 4.69) is 31.6 Å². The fourth-order valence-corrected chi connectivity index (χ4v) is 6.60. The monoisotopic (exact) mass is 609 g/mol. The number of fused-ring (bicyclic) bond motifs is 1. The van der Waals surface area contributed by atoms with E-state index in [0.717, 1.165) is 27.1 Å². The van der Waals surface area contributed by atoms with Crippen LogP contribution in [0.15, 0.2) is 80.1 Å². The van der Waals surface area contributed by atoms with Crippen LogP contribution in [0.1, 0.15) is 42.4 Å². The number of para-hydroxylation sites is 1. The summed E-state index contributed by atoms with van der Waals surface area (Å²) in [4.78, 5) is 32.1. The lowest BCUT2D eigenvalue weighted by molar-refractivity contribution is -0.139. The highest BCUT2D eigenvalue weighted by atomic mass is 79.9. The van der Waals surface area contributed by atoms with Gasteiger partial charge in [-0.3, -0.25) is 9.36 Å². The van der Waals surface area contributed by atoms with Gasteiger partial charge in [-0.05, 0) is 85.1 Å². The van der Waals surface area contributed by atoms with Gasteiger partial charge in [0.15, 0.2) is 4.80 Å². The number of hydrogen-bond donors (Lipinski definition) is 0. The number of carbonyl (C=O) groups excluding carboxylic acids is 1. The summed E-state index contributed by atoms with van der Waals surface area (Å²) in [7, 11) is 0. The molecule has 0 unspecified atom stereocenters. The SMILES string of the molecule is CCOC(=O)C1=C(C)N=c2s/c(=C/c3cc(C)n(-c4ccccc4Br)c3C)c(=O)n2[C@@H]1c1ccccc1Cl. The van der Waals surface area contributed by atoms with E-state index < -0.39 is 12.0 Å². The van der Waals surface area contributed by atoms with Gasteiger partial charge in [-0.1, -0.05) is 53.3 Å². The summed E-state index contributed by atoms with van der Waals surface area (Å²) >= 11 is 11.5. The second kappa shape index (κ2) is 10.5. The van der Waals surface area contributed by atoms with Gasteiger partial charge in [0.25, 0.3) is 5.56 Å². The van der Waals surface area contributed by atoms with Crippen molar-refractivity contribution in [3.8, 4) is 5.69 Å². The van der Waals surface area contributed by atoms with Crippen LogP contribution in [0, 0.1) is 13.8 Å². The number of aromatic nitrogens is 2. The molecule has 0 saturated carbocycles. The molecule has 5 rings (SSSR count). The van der Waals surface area contributed by atoms with Crippen LogP contribution in [0.4, 0.5) is 0 Å². The molecule has 3 heterocycles. The number of aryl methyl sites for hydroxylation is 1. The Hall–Kier alpha value is -3.20. The Balaban J connectivity index is 1.72. The van der Waals surface area contributed by atoms with E-state index >= 15 is 0 Å². The average Bonchev–Trinajstić information content (AvgIpc) is 3.33. The van der Waals surface area contributed by atoms with Crippen molar-refractivity contribution in [1.82, 2.24) is 9.13 Å². The van der Waals surface area contributed by atoms with E-state index in [0.29, 0.717) is 31.2 Å². The zero-order valence-corrected chi connectivity index (χ0v) is 24.4. The summed E-state index contributed by atoms with van der Waals surface area (Å²) < 4.78 is 10.6. The number of nitrogens with zero attached hydrogens (tertiary/aromatic N) is 3. The third-order valence-corrected chi connectivity index (χ3v) is 8.56. The van der Waals surface area contributed by atoms with Crippen molar-refractivity contribution < 1.29 is 9.53 Å². The van der Waals surface area contributed by atoms with Crippen LogP contribution < -0.4 is 14.9 Å². The molecule has 194 valence electrons. The number of esters is 1. The summed E-state index contributed by atoms with van der Waals surface area (Å²) in [6.45, 7) is 7.79. The molecule has 0 saturated heterocycles. The van der Waals surface area contributed by atoms with Crippen LogP contribution in [0.3, 0.4) is 0 Å². The Bertz CT molecular complexity index is 1800. The maximum atomic E-state index is 13.9. The fourth-order valence-electron chi connectivity index (χ4n) is 4.86. The molecule has 0 fully saturated rings. The Kier molecular flexibility index (Phi) is 7.31. The van der Waals surface area contributed by atoms with E-state index in [1.165, 1.54) is 11.3 Å². The fraction of sp³-hybridized carbons (Fsp3) is 0.207. The summed E-state index contributed by atoms with van der Waals surface area (Å²) in [6.07, 6.45) is 1.90. The molecule has 2 aromatic heterocycles. The summed E-state index contributed by atoms with van der Waals surface area (Å²) in [5, 5.41) is 0.459. The molecular formula is C29H25BrClN3O3S. The number of carbonyl (C=O) groups is 1. The standard InChI is InChI=1S/C29H25BrClN3O3S/c1-5-37-28(36)25-17(3)32-29-34(26(25)20-10-6-8-12-22(20)31)27(35)24(38-29)15-19-14-16(2)33(18(19)4)23-13-9-7-11-21(23)30/h6-15,26H,5H2,1-4H3/b24-15+/t26-/m1/s1. The summed E-state index contributed by atoms with van der Waals surface area (Å²) in [6, 6.07) is 16.6. The van der Waals surface area contributed by atoms with E-state index in [1.807, 2.05) is 62.4 Å². The van der Waals surface area contributed by atoms with Crippen molar-refractivity contribution in [2.45, 2.75) is 33.7 Å². The maximum absolute atomic E-state index is 13.9. The zero-order chi connectivity index (χ0) is 27.1.